The second kappa shape index (κ2) is 10.3. The molecule has 7 rings (SSSR count). The van der Waals surface area contributed by atoms with Crippen LogP contribution in [-0.4, -0.2) is 29.9 Å². The topological polar surface area (TPSA) is 77.3 Å². The molecule has 7 aromatic rings. The first-order valence-corrected chi connectivity index (χ1v) is 13.7. The predicted octanol–water partition coefficient (Wildman–Crippen LogP) is 8.15. The van der Waals surface area contributed by atoms with Crippen LogP contribution in [0.2, 0.25) is 0 Å². The summed E-state index contributed by atoms with van der Waals surface area (Å²) in [7, 11) is 0. The molecule has 0 aliphatic heterocycles. The van der Waals surface area contributed by atoms with Crippen molar-refractivity contribution in [2.75, 3.05) is 0 Å². The zero-order valence-electron chi connectivity index (χ0n) is 22.7. The van der Waals surface area contributed by atoms with E-state index in [9.17, 15) is 0 Å². The SMILES string of the molecule is CC(C)c1cc(-c2ccccc2)nc2c1ccc1ccc(-c3nc(-c4ccccc4)nc(-c4ccccn4)n3)nc12. The molecular formula is C35H26N6. The first-order valence-electron chi connectivity index (χ1n) is 13.7. The van der Waals surface area contributed by atoms with E-state index in [-0.39, 0.29) is 0 Å². The predicted molar refractivity (Wildman–Crippen MR) is 164 cm³/mol. The molecule has 6 nitrogen and oxygen atoms in total. The van der Waals surface area contributed by atoms with E-state index in [1.165, 1.54) is 5.56 Å². The lowest BCUT2D eigenvalue weighted by Gasteiger charge is -2.14. The largest absolute Gasteiger partial charge is 0.253 e. The monoisotopic (exact) mass is 530 g/mol. The summed E-state index contributed by atoms with van der Waals surface area (Å²) in [5.74, 6) is 1.88. The number of fused-ring (bicyclic) bond motifs is 3. The Morgan fingerprint density at radius 3 is 1.83 bits per heavy atom. The Bertz CT molecular complexity index is 1950. The van der Waals surface area contributed by atoms with Crippen LogP contribution >= 0.6 is 0 Å². The van der Waals surface area contributed by atoms with Crippen LogP contribution in [0.4, 0.5) is 0 Å². The Labute approximate surface area is 237 Å². The van der Waals surface area contributed by atoms with Crippen LogP contribution < -0.4 is 0 Å². The van der Waals surface area contributed by atoms with Crippen LogP contribution in [-0.2, 0) is 0 Å². The van der Waals surface area contributed by atoms with E-state index < -0.39 is 0 Å². The number of benzene rings is 3. The molecule has 0 unspecified atom stereocenters. The van der Waals surface area contributed by atoms with Gasteiger partial charge in [-0.05, 0) is 35.7 Å². The molecule has 0 bridgehead atoms. The first-order chi connectivity index (χ1) is 20.1. The molecule has 0 radical (unpaired) electrons. The van der Waals surface area contributed by atoms with Crippen molar-refractivity contribution in [2.45, 2.75) is 19.8 Å². The van der Waals surface area contributed by atoms with Crippen molar-refractivity contribution in [1.29, 1.82) is 0 Å². The van der Waals surface area contributed by atoms with Crippen LogP contribution in [0.1, 0.15) is 25.3 Å². The van der Waals surface area contributed by atoms with Crippen molar-refractivity contribution in [3.8, 4) is 45.7 Å². The highest BCUT2D eigenvalue weighted by Crippen LogP contribution is 2.34. The summed E-state index contributed by atoms with van der Waals surface area (Å²) in [6, 6.07) is 36.4. The van der Waals surface area contributed by atoms with E-state index in [1.54, 1.807) is 6.20 Å². The molecule has 0 amide bonds. The highest BCUT2D eigenvalue weighted by Gasteiger charge is 2.17. The van der Waals surface area contributed by atoms with E-state index in [2.05, 4.69) is 55.2 Å². The Hall–Kier alpha value is -5.36. The first kappa shape index (κ1) is 24.7. The van der Waals surface area contributed by atoms with Gasteiger partial charge in [0.15, 0.2) is 17.5 Å². The molecule has 0 fully saturated rings. The highest BCUT2D eigenvalue weighted by atomic mass is 15.1. The van der Waals surface area contributed by atoms with Crippen molar-refractivity contribution in [1.82, 2.24) is 29.9 Å². The summed E-state index contributed by atoms with van der Waals surface area (Å²) in [5, 5.41) is 2.11. The molecule has 3 aromatic carbocycles. The lowest BCUT2D eigenvalue weighted by atomic mass is 9.95. The molecule has 0 N–H and O–H groups in total. The van der Waals surface area contributed by atoms with Gasteiger partial charge in [-0.15, -0.1) is 0 Å². The van der Waals surface area contributed by atoms with Crippen molar-refractivity contribution in [2.24, 2.45) is 0 Å². The quantitative estimate of drug-likeness (QED) is 0.209. The third-order valence-corrected chi connectivity index (χ3v) is 7.15. The lowest BCUT2D eigenvalue weighted by Crippen LogP contribution is -2.02. The summed E-state index contributed by atoms with van der Waals surface area (Å²) in [5.41, 5.74) is 7.18. The average Bonchev–Trinajstić information content (AvgIpc) is 3.05. The minimum absolute atomic E-state index is 0.321. The maximum atomic E-state index is 5.16. The Morgan fingerprint density at radius 1 is 0.488 bits per heavy atom. The number of aromatic nitrogens is 6. The Kier molecular flexibility index (Phi) is 6.21. The average molecular weight is 531 g/mol. The van der Waals surface area contributed by atoms with Gasteiger partial charge in [-0.1, -0.05) is 98.8 Å². The van der Waals surface area contributed by atoms with Crippen LogP contribution in [0, 0.1) is 0 Å². The fourth-order valence-corrected chi connectivity index (χ4v) is 5.07. The van der Waals surface area contributed by atoms with Gasteiger partial charge in [0.25, 0.3) is 0 Å². The van der Waals surface area contributed by atoms with Gasteiger partial charge in [-0.3, -0.25) is 4.98 Å². The van der Waals surface area contributed by atoms with Crippen molar-refractivity contribution in [3.63, 3.8) is 0 Å². The minimum Gasteiger partial charge on any atom is -0.253 e. The number of rotatable bonds is 5. The molecule has 0 aliphatic rings. The van der Waals surface area contributed by atoms with Crippen LogP contribution in [0.5, 0.6) is 0 Å². The van der Waals surface area contributed by atoms with Crippen LogP contribution in [0.25, 0.3) is 67.5 Å². The zero-order chi connectivity index (χ0) is 27.8. The van der Waals surface area contributed by atoms with Crippen LogP contribution in [0.15, 0.2) is 115 Å². The van der Waals surface area contributed by atoms with Gasteiger partial charge < -0.3 is 0 Å². The smallest absolute Gasteiger partial charge is 0.182 e. The normalized spacial score (nSPS) is 11.4. The molecular weight excluding hydrogens is 504 g/mol. The van der Waals surface area contributed by atoms with Crippen molar-refractivity contribution >= 4 is 21.8 Å². The zero-order valence-corrected chi connectivity index (χ0v) is 22.7. The van der Waals surface area contributed by atoms with E-state index in [1.807, 2.05) is 72.8 Å². The summed E-state index contributed by atoms with van der Waals surface area (Å²) < 4.78 is 0. The fraction of sp³-hybridized carbons (Fsp3) is 0.0857. The Morgan fingerprint density at radius 2 is 1.12 bits per heavy atom. The molecule has 0 atom stereocenters. The van der Waals surface area contributed by atoms with E-state index in [4.69, 9.17) is 24.9 Å². The van der Waals surface area contributed by atoms with Gasteiger partial charge in [-0.25, -0.2) is 24.9 Å². The summed E-state index contributed by atoms with van der Waals surface area (Å²) in [6.07, 6.45) is 1.74. The molecule has 0 spiro atoms. The summed E-state index contributed by atoms with van der Waals surface area (Å²) in [6.45, 7) is 4.43. The lowest BCUT2D eigenvalue weighted by molar-refractivity contribution is 0.875. The second-order valence-corrected chi connectivity index (χ2v) is 10.2. The molecule has 0 aliphatic carbocycles. The number of pyridine rings is 3. The fourth-order valence-electron chi connectivity index (χ4n) is 5.07. The van der Waals surface area contributed by atoms with E-state index in [0.717, 1.165) is 38.6 Å². The molecule has 0 saturated carbocycles. The molecule has 6 heteroatoms. The third-order valence-electron chi connectivity index (χ3n) is 7.15. The third kappa shape index (κ3) is 4.70. The standard InChI is InChI=1S/C35H26N6/c1-22(2)27-21-30(23-11-5-3-6-12-23)38-32-26(27)18-16-24-17-19-29(37-31(24)32)35-40-33(25-13-7-4-8-14-25)39-34(41-35)28-15-9-10-20-36-28/h3-22H,1-2H3. The van der Waals surface area contributed by atoms with Crippen molar-refractivity contribution < 1.29 is 0 Å². The van der Waals surface area contributed by atoms with Crippen molar-refractivity contribution in [3.05, 3.63) is 121 Å². The molecule has 0 saturated heterocycles. The van der Waals surface area contributed by atoms with Gasteiger partial charge in [0.05, 0.1) is 16.7 Å². The number of hydrogen-bond acceptors (Lipinski definition) is 6. The molecule has 196 valence electrons. The van der Waals surface area contributed by atoms with Gasteiger partial charge in [0.1, 0.15) is 11.4 Å². The maximum Gasteiger partial charge on any atom is 0.182 e. The van der Waals surface area contributed by atoms with E-state index >= 15 is 0 Å². The molecule has 4 aromatic heterocycles. The maximum absolute atomic E-state index is 5.16. The summed E-state index contributed by atoms with van der Waals surface area (Å²) in [4.78, 5) is 29.2. The van der Waals surface area contributed by atoms with Crippen LogP contribution in [0.3, 0.4) is 0 Å². The highest BCUT2D eigenvalue weighted by molar-refractivity contribution is 6.05. The van der Waals surface area contributed by atoms with Gasteiger partial charge in [0, 0.05) is 28.1 Å². The van der Waals surface area contributed by atoms with E-state index in [0.29, 0.717) is 34.8 Å². The number of nitrogens with zero attached hydrogens (tertiary/aromatic N) is 6. The minimum atomic E-state index is 0.321. The Balaban J connectivity index is 1.47. The second-order valence-electron chi connectivity index (χ2n) is 10.2. The van der Waals surface area contributed by atoms with Gasteiger partial charge in [-0.2, -0.15) is 0 Å². The van der Waals surface area contributed by atoms with Gasteiger partial charge >= 0.3 is 0 Å². The molecule has 4 heterocycles. The molecule has 41 heavy (non-hydrogen) atoms. The van der Waals surface area contributed by atoms with Gasteiger partial charge in [0.2, 0.25) is 0 Å². The summed E-state index contributed by atoms with van der Waals surface area (Å²) >= 11 is 0. The number of hydrogen-bond donors (Lipinski definition) is 0.